The molecule has 0 atom stereocenters. The molecule has 76 valence electrons. The molecule has 1 rings (SSSR count). The summed E-state index contributed by atoms with van der Waals surface area (Å²) in [6.45, 7) is 0.579. The van der Waals surface area contributed by atoms with E-state index in [1.807, 2.05) is 12.1 Å². The lowest BCUT2D eigenvalue weighted by Crippen LogP contribution is -2.22. The maximum Gasteiger partial charge on any atom is 0.186 e. The molecule has 3 nitrogen and oxygen atoms in total. The third kappa shape index (κ3) is 3.53. The molecule has 0 aliphatic carbocycles. The van der Waals surface area contributed by atoms with Gasteiger partial charge < -0.3 is 11.5 Å². The first-order valence-corrected chi connectivity index (χ1v) is 5.94. The van der Waals surface area contributed by atoms with Gasteiger partial charge in [-0.2, -0.15) is 0 Å². The van der Waals surface area contributed by atoms with E-state index in [0.717, 1.165) is 10.8 Å². The Morgan fingerprint density at radius 2 is 1.86 bits per heavy atom. The van der Waals surface area contributed by atoms with Crippen molar-refractivity contribution in [3.05, 3.63) is 35.4 Å². The van der Waals surface area contributed by atoms with Gasteiger partial charge in [-0.3, -0.25) is 0 Å². The summed E-state index contributed by atoms with van der Waals surface area (Å²) >= 11 is 2.36. The lowest BCUT2D eigenvalue weighted by molar-refractivity contribution is 1.00. The summed E-state index contributed by atoms with van der Waals surface area (Å²) in [6.07, 6.45) is 1.07. The van der Waals surface area contributed by atoms with Crippen molar-refractivity contribution in [2.24, 2.45) is 16.5 Å². The Morgan fingerprint density at radius 1 is 1.21 bits per heavy atom. The van der Waals surface area contributed by atoms with E-state index in [4.69, 9.17) is 11.5 Å². The van der Waals surface area contributed by atoms with Gasteiger partial charge in [0.05, 0.1) is 6.54 Å². The molecule has 0 fully saturated rings. The first kappa shape index (κ1) is 11.3. The fourth-order valence-corrected chi connectivity index (χ4v) is 1.81. The largest absolute Gasteiger partial charge is 0.370 e. The van der Waals surface area contributed by atoms with Crippen molar-refractivity contribution in [1.29, 1.82) is 0 Å². The van der Waals surface area contributed by atoms with E-state index in [-0.39, 0.29) is 5.96 Å². The number of hydrogen-bond acceptors (Lipinski definition) is 1. The summed E-state index contributed by atoms with van der Waals surface area (Å²) in [7, 11) is 0. The summed E-state index contributed by atoms with van der Waals surface area (Å²) in [6, 6.07) is 8.24. The molecular formula is C10H14IN3. The van der Waals surface area contributed by atoms with Crippen LogP contribution in [0.2, 0.25) is 0 Å². The number of halogens is 1. The van der Waals surface area contributed by atoms with Crippen LogP contribution >= 0.6 is 22.6 Å². The molecule has 0 saturated heterocycles. The minimum atomic E-state index is 0.147. The first-order chi connectivity index (χ1) is 6.74. The van der Waals surface area contributed by atoms with Crippen molar-refractivity contribution in [3.8, 4) is 0 Å². The van der Waals surface area contributed by atoms with Gasteiger partial charge in [0.15, 0.2) is 5.96 Å². The van der Waals surface area contributed by atoms with E-state index in [2.05, 4.69) is 39.7 Å². The highest BCUT2D eigenvalue weighted by molar-refractivity contribution is 14.1. The van der Waals surface area contributed by atoms with Gasteiger partial charge in [-0.1, -0.05) is 46.9 Å². The summed E-state index contributed by atoms with van der Waals surface area (Å²) in [5.41, 5.74) is 13.1. The van der Waals surface area contributed by atoms with E-state index in [1.165, 1.54) is 11.1 Å². The Kier molecular flexibility index (Phi) is 4.72. The number of nitrogens with two attached hydrogens (primary N) is 2. The van der Waals surface area contributed by atoms with Crippen LogP contribution < -0.4 is 11.5 Å². The molecule has 14 heavy (non-hydrogen) atoms. The molecule has 0 bridgehead atoms. The Hall–Kier alpha value is -0.780. The van der Waals surface area contributed by atoms with Gasteiger partial charge in [-0.15, -0.1) is 0 Å². The Bertz CT molecular complexity index is 319. The number of nitrogens with zero attached hydrogens (tertiary/aromatic N) is 1. The molecule has 0 saturated carbocycles. The van der Waals surface area contributed by atoms with Crippen molar-refractivity contribution in [1.82, 2.24) is 0 Å². The maximum absolute atomic E-state index is 5.29. The van der Waals surface area contributed by atoms with Crippen LogP contribution in [-0.4, -0.2) is 10.4 Å². The number of aliphatic imine (C=N–C) groups is 1. The number of rotatable bonds is 4. The van der Waals surface area contributed by atoms with Crippen LogP contribution in [0.15, 0.2) is 29.3 Å². The predicted molar refractivity (Wildman–Crippen MR) is 68.5 cm³/mol. The molecule has 4 heteroatoms. The maximum atomic E-state index is 5.29. The third-order valence-corrected chi connectivity index (χ3v) is 2.45. The Labute approximate surface area is 97.7 Å². The predicted octanol–water partition coefficient (Wildman–Crippen LogP) is 1.44. The monoisotopic (exact) mass is 303 g/mol. The Balaban J connectivity index is 2.79. The SMILES string of the molecule is NC(N)=NCc1ccccc1CCI. The number of aryl methyl sites for hydroxylation is 1. The minimum Gasteiger partial charge on any atom is -0.370 e. The van der Waals surface area contributed by atoms with Crippen molar-refractivity contribution < 1.29 is 0 Å². The smallest absolute Gasteiger partial charge is 0.186 e. The third-order valence-electron chi connectivity index (χ3n) is 1.91. The lowest BCUT2D eigenvalue weighted by Gasteiger charge is -2.05. The van der Waals surface area contributed by atoms with Crippen LogP contribution in [0.3, 0.4) is 0 Å². The molecular weight excluding hydrogens is 289 g/mol. The molecule has 0 unspecified atom stereocenters. The zero-order chi connectivity index (χ0) is 10.4. The topological polar surface area (TPSA) is 64.4 Å². The highest BCUT2D eigenvalue weighted by Gasteiger charge is 1.99. The lowest BCUT2D eigenvalue weighted by atomic mass is 10.1. The summed E-state index contributed by atoms with van der Waals surface area (Å²) in [5, 5.41) is 0. The van der Waals surface area contributed by atoms with E-state index in [9.17, 15) is 0 Å². The van der Waals surface area contributed by atoms with Crippen molar-refractivity contribution >= 4 is 28.6 Å². The zero-order valence-corrected chi connectivity index (χ0v) is 10.1. The zero-order valence-electron chi connectivity index (χ0n) is 7.91. The van der Waals surface area contributed by atoms with Crippen molar-refractivity contribution in [2.45, 2.75) is 13.0 Å². The van der Waals surface area contributed by atoms with Crippen molar-refractivity contribution in [3.63, 3.8) is 0 Å². The minimum absolute atomic E-state index is 0.147. The second-order valence-corrected chi connectivity index (χ2v) is 4.03. The molecule has 0 radical (unpaired) electrons. The second-order valence-electron chi connectivity index (χ2n) is 2.95. The number of benzene rings is 1. The highest BCUT2D eigenvalue weighted by Crippen LogP contribution is 2.11. The number of hydrogen-bond donors (Lipinski definition) is 2. The normalized spacial score (nSPS) is 9.79. The molecule has 0 aliphatic heterocycles. The molecule has 1 aromatic carbocycles. The average molecular weight is 303 g/mol. The Morgan fingerprint density at radius 3 is 2.43 bits per heavy atom. The second kappa shape index (κ2) is 5.85. The summed E-state index contributed by atoms with van der Waals surface area (Å²) in [5.74, 6) is 0.147. The molecule has 0 spiro atoms. The van der Waals surface area contributed by atoms with Crippen LogP contribution in [0, 0.1) is 0 Å². The molecule has 1 aromatic rings. The summed E-state index contributed by atoms with van der Waals surface area (Å²) < 4.78 is 1.11. The average Bonchev–Trinajstić information content (AvgIpc) is 2.17. The van der Waals surface area contributed by atoms with Crippen LogP contribution in [0.25, 0.3) is 0 Å². The first-order valence-electron chi connectivity index (χ1n) is 4.42. The fourth-order valence-electron chi connectivity index (χ4n) is 1.23. The van der Waals surface area contributed by atoms with Crippen LogP contribution in [0.5, 0.6) is 0 Å². The van der Waals surface area contributed by atoms with E-state index >= 15 is 0 Å². The fraction of sp³-hybridized carbons (Fsp3) is 0.300. The van der Waals surface area contributed by atoms with E-state index in [1.54, 1.807) is 0 Å². The summed E-state index contributed by atoms with van der Waals surface area (Å²) in [4.78, 5) is 4.01. The van der Waals surface area contributed by atoms with Gasteiger partial charge in [0.2, 0.25) is 0 Å². The van der Waals surface area contributed by atoms with Crippen molar-refractivity contribution in [2.75, 3.05) is 4.43 Å². The molecule has 4 N–H and O–H groups in total. The molecule has 0 aliphatic rings. The van der Waals surface area contributed by atoms with Crippen LogP contribution in [0.1, 0.15) is 11.1 Å². The van der Waals surface area contributed by atoms with Gasteiger partial charge in [0, 0.05) is 4.43 Å². The van der Waals surface area contributed by atoms with E-state index < -0.39 is 0 Å². The van der Waals surface area contributed by atoms with Gasteiger partial charge >= 0.3 is 0 Å². The van der Waals surface area contributed by atoms with E-state index in [0.29, 0.717) is 6.54 Å². The van der Waals surface area contributed by atoms with Gasteiger partial charge in [0.1, 0.15) is 0 Å². The molecule has 0 heterocycles. The van der Waals surface area contributed by atoms with Gasteiger partial charge in [0.25, 0.3) is 0 Å². The number of guanidine groups is 1. The number of alkyl halides is 1. The van der Waals surface area contributed by atoms with Crippen LogP contribution in [0.4, 0.5) is 0 Å². The molecule has 0 aromatic heterocycles. The molecule has 0 amide bonds. The van der Waals surface area contributed by atoms with Gasteiger partial charge in [-0.05, 0) is 17.5 Å². The quantitative estimate of drug-likeness (QED) is 0.382. The van der Waals surface area contributed by atoms with Crippen LogP contribution in [-0.2, 0) is 13.0 Å². The standard InChI is InChI=1S/C10H14IN3/c11-6-5-8-3-1-2-4-9(8)7-14-10(12)13/h1-4H,5-7H2,(H4,12,13,14). The van der Waals surface area contributed by atoms with Gasteiger partial charge in [-0.25, -0.2) is 4.99 Å². The highest BCUT2D eigenvalue weighted by atomic mass is 127.